The van der Waals surface area contributed by atoms with Crippen LogP contribution in [0.2, 0.25) is 0 Å². The predicted molar refractivity (Wildman–Crippen MR) is 131 cm³/mol. The number of hydrogen-bond donors (Lipinski definition) is 0. The number of hydroxylamine groups is 3. The Balaban J connectivity index is 1.66. The van der Waals surface area contributed by atoms with Crippen LogP contribution in [0.3, 0.4) is 0 Å². The Hall–Kier alpha value is -4.17. The van der Waals surface area contributed by atoms with Crippen molar-refractivity contribution in [3.05, 3.63) is 117 Å². The van der Waals surface area contributed by atoms with Crippen molar-refractivity contribution in [2.45, 2.75) is 38.8 Å². The van der Waals surface area contributed by atoms with E-state index in [-0.39, 0.29) is 5.84 Å². The van der Waals surface area contributed by atoms with Crippen LogP contribution in [-0.2, 0) is 5.21 Å². The van der Waals surface area contributed by atoms with Gasteiger partial charge in [0.1, 0.15) is 5.54 Å². The summed E-state index contributed by atoms with van der Waals surface area (Å²) in [5.74, 6) is 6.33. The highest BCUT2D eigenvalue weighted by Crippen LogP contribution is 2.37. The van der Waals surface area contributed by atoms with Crippen LogP contribution in [0.25, 0.3) is 5.53 Å². The van der Waals surface area contributed by atoms with Crippen molar-refractivity contribution in [2.24, 2.45) is 0 Å². The maximum atomic E-state index is 13.0. The number of rotatable bonds is 3. The molecular formula is C28H25N4O2. The van der Waals surface area contributed by atoms with E-state index < -0.39 is 11.1 Å². The third kappa shape index (κ3) is 3.88. The molecule has 4 rings (SSSR count). The van der Waals surface area contributed by atoms with Crippen LogP contribution in [0, 0.1) is 17.0 Å². The number of nitrogens with zero attached hydrogens (tertiary/aromatic N) is 4. The van der Waals surface area contributed by atoms with Gasteiger partial charge in [0.05, 0.1) is 16.7 Å². The zero-order valence-electron chi connectivity index (χ0n) is 19.6. The van der Waals surface area contributed by atoms with Crippen LogP contribution in [0.5, 0.6) is 0 Å². The molecule has 1 heterocycles. The first kappa shape index (κ1) is 23.0. The predicted octanol–water partition coefficient (Wildman–Crippen LogP) is 4.63. The number of amidine groups is 1. The molecule has 3 aromatic rings. The smallest absolute Gasteiger partial charge is 0.329 e. The van der Waals surface area contributed by atoms with E-state index in [0.717, 1.165) is 26.5 Å². The Bertz CT molecular complexity index is 1390. The minimum absolute atomic E-state index is 0.0901. The Morgan fingerprint density at radius 3 is 2.06 bits per heavy atom. The Morgan fingerprint density at radius 1 is 0.882 bits per heavy atom. The van der Waals surface area contributed by atoms with E-state index in [0.29, 0.717) is 16.8 Å². The summed E-state index contributed by atoms with van der Waals surface area (Å²) in [6.45, 7) is 7.09. The highest BCUT2D eigenvalue weighted by Gasteiger charge is 2.59. The topological polar surface area (TPSA) is 85.6 Å². The summed E-state index contributed by atoms with van der Waals surface area (Å²) < 4.78 is 0.801. The molecule has 0 unspecified atom stereocenters. The van der Waals surface area contributed by atoms with Gasteiger partial charge in [-0.05, 0) is 76.2 Å². The zero-order valence-corrected chi connectivity index (χ0v) is 19.6. The standard InChI is InChI=1S/C28H25N4O2/c1-27(2)28(3,4)32(34)26(31(27)33)24-15-9-11-21(19-24)17-16-20-10-8-14-23(18-20)25(30-29)22-12-6-5-7-13-22/h5-15,18-19H,1-4H3. The minimum atomic E-state index is -0.878. The summed E-state index contributed by atoms with van der Waals surface area (Å²) >= 11 is 0. The first-order chi connectivity index (χ1) is 16.2. The van der Waals surface area contributed by atoms with Gasteiger partial charge in [-0.1, -0.05) is 47.2 Å². The van der Waals surface area contributed by atoms with Crippen molar-refractivity contribution < 1.29 is 14.7 Å². The third-order valence-corrected chi connectivity index (χ3v) is 6.65. The van der Waals surface area contributed by atoms with Gasteiger partial charge in [0.25, 0.3) is 0 Å². The summed E-state index contributed by atoms with van der Waals surface area (Å²) in [4.78, 5) is 3.48. The molecule has 0 atom stereocenters. The fourth-order valence-corrected chi connectivity index (χ4v) is 3.85. The van der Waals surface area contributed by atoms with Gasteiger partial charge in [0.15, 0.2) is 5.54 Å². The SMILES string of the molecule is CC1(C)N([O])C(c2cccc(C#Cc3cccc(C(=[N+]=[N-])c4ccccc4)c3)c2)=[N+]([O-])C1(C)C. The Labute approximate surface area is 199 Å². The second kappa shape index (κ2) is 8.64. The maximum Gasteiger partial charge on any atom is 0.329 e. The number of hydrogen-bond acceptors (Lipinski definition) is 2. The molecule has 1 aliphatic heterocycles. The molecule has 0 spiro atoms. The van der Waals surface area contributed by atoms with E-state index >= 15 is 0 Å². The van der Waals surface area contributed by atoms with E-state index in [1.807, 2.05) is 60.7 Å². The first-order valence-corrected chi connectivity index (χ1v) is 11.0. The highest BCUT2D eigenvalue weighted by atomic mass is 16.5. The molecule has 0 amide bonds. The summed E-state index contributed by atoms with van der Waals surface area (Å²) in [6, 6.07) is 24.0. The van der Waals surface area contributed by atoms with Crippen molar-refractivity contribution in [3.63, 3.8) is 0 Å². The summed E-state index contributed by atoms with van der Waals surface area (Å²) in [5.41, 5.74) is 11.8. The second-order valence-corrected chi connectivity index (χ2v) is 9.26. The molecule has 6 nitrogen and oxygen atoms in total. The second-order valence-electron chi connectivity index (χ2n) is 9.26. The Kier molecular flexibility index (Phi) is 5.85. The van der Waals surface area contributed by atoms with Gasteiger partial charge >= 0.3 is 11.5 Å². The highest BCUT2D eigenvalue weighted by molar-refractivity contribution is 6.09. The van der Waals surface area contributed by atoms with Crippen LogP contribution in [0.1, 0.15) is 55.5 Å². The van der Waals surface area contributed by atoms with Gasteiger partial charge in [-0.2, -0.15) is 4.79 Å². The molecule has 0 saturated carbocycles. The quantitative estimate of drug-likeness (QED) is 0.146. The molecule has 1 radical (unpaired) electrons. The average molecular weight is 450 g/mol. The monoisotopic (exact) mass is 449 g/mol. The fourth-order valence-electron chi connectivity index (χ4n) is 3.85. The van der Waals surface area contributed by atoms with Crippen molar-refractivity contribution in [1.82, 2.24) is 5.06 Å². The van der Waals surface area contributed by atoms with Crippen LogP contribution in [-0.4, -0.2) is 37.2 Å². The largest absolute Gasteiger partial charge is 0.714 e. The lowest BCUT2D eigenvalue weighted by molar-refractivity contribution is -0.539. The zero-order chi connectivity index (χ0) is 24.5. The van der Waals surface area contributed by atoms with Crippen LogP contribution < -0.4 is 0 Å². The average Bonchev–Trinajstić information content (AvgIpc) is 2.95. The van der Waals surface area contributed by atoms with Crippen molar-refractivity contribution in [1.29, 1.82) is 0 Å². The van der Waals surface area contributed by atoms with Gasteiger partial charge in [-0.3, -0.25) is 4.74 Å². The molecule has 0 bridgehead atoms. The molecule has 6 heteroatoms. The van der Waals surface area contributed by atoms with Crippen molar-refractivity contribution >= 4 is 11.5 Å². The molecule has 0 N–H and O–H groups in total. The van der Waals surface area contributed by atoms with Crippen LogP contribution in [0.4, 0.5) is 0 Å². The minimum Gasteiger partial charge on any atom is -0.714 e. The molecular weight excluding hydrogens is 424 g/mol. The van der Waals surface area contributed by atoms with E-state index in [2.05, 4.69) is 16.6 Å². The fraction of sp³-hybridized carbons (Fsp3) is 0.214. The lowest BCUT2D eigenvalue weighted by atomic mass is 9.84. The van der Waals surface area contributed by atoms with Gasteiger partial charge in [0, 0.05) is 16.3 Å². The molecule has 34 heavy (non-hydrogen) atoms. The Morgan fingerprint density at radius 2 is 1.47 bits per heavy atom. The van der Waals surface area contributed by atoms with Gasteiger partial charge in [-0.25, -0.2) is 0 Å². The molecule has 169 valence electrons. The molecule has 0 aliphatic carbocycles. The summed E-state index contributed by atoms with van der Waals surface area (Å²) in [5, 5.41) is 26.7. The van der Waals surface area contributed by atoms with E-state index in [9.17, 15) is 15.9 Å². The lowest BCUT2D eigenvalue weighted by Gasteiger charge is -2.32. The molecule has 0 fully saturated rings. The summed E-state index contributed by atoms with van der Waals surface area (Å²) in [7, 11) is 0. The molecule has 3 aromatic carbocycles. The van der Waals surface area contributed by atoms with E-state index in [1.54, 1.807) is 45.9 Å². The van der Waals surface area contributed by atoms with Crippen molar-refractivity contribution in [2.75, 3.05) is 0 Å². The molecule has 0 aromatic heterocycles. The van der Waals surface area contributed by atoms with Gasteiger partial charge < -0.3 is 10.7 Å². The molecule has 1 aliphatic rings. The third-order valence-electron chi connectivity index (χ3n) is 6.65. The van der Waals surface area contributed by atoms with Crippen LogP contribution in [0.15, 0.2) is 78.9 Å². The number of benzene rings is 3. The lowest BCUT2D eigenvalue weighted by Crippen LogP contribution is -2.53. The molecule has 0 saturated heterocycles. The van der Waals surface area contributed by atoms with Crippen LogP contribution >= 0.6 is 0 Å². The normalized spacial score (nSPS) is 16.0. The summed E-state index contributed by atoms with van der Waals surface area (Å²) in [6.07, 6.45) is 0. The maximum absolute atomic E-state index is 13.0. The van der Waals surface area contributed by atoms with Gasteiger partial charge in [0.2, 0.25) is 0 Å². The van der Waals surface area contributed by atoms with E-state index in [1.165, 1.54) is 0 Å². The van der Waals surface area contributed by atoms with Gasteiger partial charge in [-0.15, -0.1) is 0 Å². The first-order valence-electron chi connectivity index (χ1n) is 11.0. The van der Waals surface area contributed by atoms with E-state index in [4.69, 9.17) is 0 Å². The van der Waals surface area contributed by atoms with Crippen molar-refractivity contribution in [3.8, 4) is 11.8 Å².